The van der Waals surface area contributed by atoms with Gasteiger partial charge in [-0.1, -0.05) is 48.5 Å². The van der Waals surface area contributed by atoms with Crippen LogP contribution in [-0.2, 0) is 10.0 Å². The third kappa shape index (κ3) is 5.97. The van der Waals surface area contributed by atoms with E-state index >= 15 is 0 Å². The molecular formula is C20H21ClN4O3S3. The molecule has 164 valence electrons. The predicted octanol–water partition coefficient (Wildman–Crippen LogP) is 5.02. The van der Waals surface area contributed by atoms with E-state index in [9.17, 15) is 13.2 Å². The summed E-state index contributed by atoms with van der Waals surface area (Å²) in [5.41, 5.74) is 0.808. The summed E-state index contributed by atoms with van der Waals surface area (Å²) in [7, 11) is -2.29. The van der Waals surface area contributed by atoms with E-state index < -0.39 is 10.0 Å². The number of amides is 1. The molecule has 3 rings (SSSR count). The van der Waals surface area contributed by atoms with Gasteiger partial charge in [-0.25, -0.2) is 8.42 Å². The van der Waals surface area contributed by atoms with Gasteiger partial charge in [-0.3, -0.25) is 14.4 Å². The van der Waals surface area contributed by atoms with Crippen LogP contribution in [0.15, 0.2) is 57.8 Å². The van der Waals surface area contributed by atoms with Crippen molar-refractivity contribution in [2.24, 2.45) is 5.92 Å². The Kier molecular flexibility index (Phi) is 7.58. The van der Waals surface area contributed by atoms with Crippen LogP contribution in [0, 0.1) is 5.92 Å². The van der Waals surface area contributed by atoms with E-state index in [0.717, 1.165) is 14.4 Å². The molecule has 11 heteroatoms. The zero-order valence-electron chi connectivity index (χ0n) is 17.1. The van der Waals surface area contributed by atoms with Gasteiger partial charge in [0.1, 0.15) is 0 Å². The summed E-state index contributed by atoms with van der Waals surface area (Å²) in [6, 6.07) is 12.2. The third-order valence-corrected chi connectivity index (χ3v) is 8.58. The maximum absolute atomic E-state index is 12.8. The smallest absolute Gasteiger partial charge is 0.264 e. The van der Waals surface area contributed by atoms with Crippen molar-refractivity contribution in [3.63, 3.8) is 0 Å². The van der Waals surface area contributed by atoms with E-state index in [1.807, 2.05) is 0 Å². The fourth-order valence-electron chi connectivity index (χ4n) is 2.45. The molecule has 0 saturated heterocycles. The Morgan fingerprint density at radius 3 is 2.39 bits per heavy atom. The number of sulfonamides is 1. The van der Waals surface area contributed by atoms with Gasteiger partial charge in [0.05, 0.1) is 10.6 Å². The Morgan fingerprint density at radius 1 is 1.13 bits per heavy atom. The van der Waals surface area contributed by atoms with Crippen molar-refractivity contribution in [2.75, 3.05) is 22.4 Å². The standard InChI is InChI=1S/C20H21ClN4O3S3/c1-13(2)12-29-20-24-23-19(30-20)22-18(26)14-4-8-16(9-5-14)25(3)31(27,28)17-10-6-15(21)7-11-17/h4-11,13H,12H2,1-3H3,(H,22,23,26). The number of aromatic nitrogens is 2. The molecule has 0 saturated carbocycles. The molecule has 31 heavy (non-hydrogen) atoms. The lowest BCUT2D eigenvalue weighted by Crippen LogP contribution is -2.26. The van der Waals surface area contributed by atoms with Crippen LogP contribution in [0.2, 0.25) is 5.02 Å². The van der Waals surface area contributed by atoms with E-state index in [1.165, 1.54) is 42.6 Å². The zero-order chi connectivity index (χ0) is 22.6. The fourth-order valence-corrected chi connectivity index (χ4v) is 5.50. The third-order valence-electron chi connectivity index (χ3n) is 4.13. The Bertz CT molecular complexity index is 1150. The molecular weight excluding hydrogens is 476 g/mol. The Morgan fingerprint density at radius 2 is 1.77 bits per heavy atom. The summed E-state index contributed by atoms with van der Waals surface area (Å²) in [5, 5.41) is 11.7. The van der Waals surface area contributed by atoms with Gasteiger partial charge in [0, 0.05) is 23.4 Å². The molecule has 0 aliphatic rings. The number of nitrogens with one attached hydrogen (secondary N) is 1. The van der Waals surface area contributed by atoms with Gasteiger partial charge >= 0.3 is 0 Å². The average molecular weight is 497 g/mol. The minimum absolute atomic E-state index is 0.128. The number of carbonyl (C=O) groups excluding carboxylic acids is 1. The van der Waals surface area contributed by atoms with Gasteiger partial charge in [-0.15, -0.1) is 10.2 Å². The maximum atomic E-state index is 12.8. The lowest BCUT2D eigenvalue weighted by Gasteiger charge is -2.19. The highest BCUT2D eigenvalue weighted by Crippen LogP contribution is 2.28. The zero-order valence-corrected chi connectivity index (χ0v) is 20.3. The summed E-state index contributed by atoms with van der Waals surface area (Å²) < 4.78 is 27.5. The van der Waals surface area contributed by atoms with Gasteiger partial charge in [0.15, 0.2) is 4.34 Å². The molecule has 1 aromatic heterocycles. The van der Waals surface area contributed by atoms with Crippen molar-refractivity contribution in [1.29, 1.82) is 0 Å². The number of rotatable bonds is 8. The van der Waals surface area contributed by atoms with Gasteiger partial charge in [-0.05, 0) is 54.4 Å². The molecule has 1 amide bonds. The van der Waals surface area contributed by atoms with Crippen LogP contribution in [0.25, 0.3) is 0 Å². The molecule has 0 bridgehead atoms. The van der Waals surface area contributed by atoms with Gasteiger partial charge in [0.2, 0.25) is 5.13 Å². The summed E-state index contributed by atoms with van der Waals surface area (Å²) >= 11 is 8.76. The number of thioether (sulfide) groups is 1. The van der Waals surface area contributed by atoms with Crippen LogP contribution in [0.1, 0.15) is 24.2 Å². The molecule has 2 aromatic carbocycles. The van der Waals surface area contributed by atoms with Crippen LogP contribution in [0.5, 0.6) is 0 Å². The maximum Gasteiger partial charge on any atom is 0.264 e. The number of hydrogen-bond donors (Lipinski definition) is 1. The number of nitrogens with zero attached hydrogens (tertiary/aromatic N) is 3. The number of carbonyl (C=O) groups is 1. The Labute approximate surface area is 194 Å². The first-order valence-electron chi connectivity index (χ1n) is 9.29. The van der Waals surface area contributed by atoms with Crippen molar-refractivity contribution >= 4 is 61.4 Å². The molecule has 0 aliphatic carbocycles. The van der Waals surface area contributed by atoms with Crippen molar-refractivity contribution in [1.82, 2.24) is 10.2 Å². The quantitative estimate of drug-likeness (QED) is 0.348. The average Bonchev–Trinajstić information content (AvgIpc) is 3.19. The molecule has 7 nitrogen and oxygen atoms in total. The van der Waals surface area contributed by atoms with Gasteiger partial charge in [-0.2, -0.15) is 0 Å². The van der Waals surface area contributed by atoms with Crippen LogP contribution < -0.4 is 9.62 Å². The molecule has 1 N–H and O–H groups in total. The number of halogens is 1. The van der Waals surface area contributed by atoms with Crippen LogP contribution >= 0.6 is 34.7 Å². The molecule has 0 fully saturated rings. The lowest BCUT2D eigenvalue weighted by atomic mass is 10.2. The van der Waals surface area contributed by atoms with E-state index in [4.69, 9.17) is 11.6 Å². The van der Waals surface area contributed by atoms with Crippen molar-refractivity contribution < 1.29 is 13.2 Å². The lowest BCUT2D eigenvalue weighted by molar-refractivity contribution is 0.102. The molecule has 0 radical (unpaired) electrons. The molecule has 0 spiro atoms. The first-order valence-corrected chi connectivity index (χ1v) is 12.9. The first kappa shape index (κ1) is 23.5. The fraction of sp³-hybridized carbons (Fsp3) is 0.250. The highest BCUT2D eigenvalue weighted by atomic mass is 35.5. The van der Waals surface area contributed by atoms with E-state index in [0.29, 0.717) is 27.3 Å². The SMILES string of the molecule is CC(C)CSc1nnc(NC(=O)c2ccc(N(C)S(=O)(=O)c3ccc(Cl)cc3)cc2)s1. The molecule has 0 atom stereocenters. The summed E-state index contributed by atoms with van der Waals surface area (Å²) in [6.45, 7) is 4.25. The number of anilines is 2. The second kappa shape index (κ2) is 9.99. The molecule has 3 aromatic rings. The summed E-state index contributed by atoms with van der Waals surface area (Å²) in [6.07, 6.45) is 0. The van der Waals surface area contributed by atoms with E-state index in [-0.39, 0.29) is 10.8 Å². The molecule has 0 aliphatic heterocycles. The van der Waals surface area contributed by atoms with Crippen molar-refractivity contribution in [3.05, 3.63) is 59.1 Å². The van der Waals surface area contributed by atoms with Gasteiger partial charge in [0.25, 0.3) is 15.9 Å². The molecule has 1 heterocycles. The minimum Gasteiger partial charge on any atom is -0.296 e. The molecule has 0 unspecified atom stereocenters. The number of hydrogen-bond acceptors (Lipinski definition) is 7. The van der Waals surface area contributed by atoms with E-state index in [2.05, 4.69) is 29.4 Å². The van der Waals surface area contributed by atoms with Crippen molar-refractivity contribution in [3.8, 4) is 0 Å². The summed E-state index contributed by atoms with van der Waals surface area (Å²) in [4.78, 5) is 12.6. The topological polar surface area (TPSA) is 92.3 Å². The summed E-state index contributed by atoms with van der Waals surface area (Å²) in [5.74, 6) is 1.12. The second-order valence-electron chi connectivity index (χ2n) is 7.01. The minimum atomic E-state index is -3.74. The van der Waals surface area contributed by atoms with Gasteiger partial charge < -0.3 is 0 Å². The second-order valence-corrected chi connectivity index (χ2v) is 11.7. The Balaban J connectivity index is 1.68. The van der Waals surface area contributed by atoms with Crippen LogP contribution in [-0.4, -0.2) is 37.3 Å². The normalized spacial score (nSPS) is 11.5. The van der Waals surface area contributed by atoms with Crippen molar-refractivity contribution in [2.45, 2.75) is 23.1 Å². The first-order chi connectivity index (χ1) is 14.7. The number of benzene rings is 2. The van der Waals surface area contributed by atoms with E-state index in [1.54, 1.807) is 36.0 Å². The highest BCUT2D eigenvalue weighted by molar-refractivity contribution is 8.01. The largest absolute Gasteiger partial charge is 0.296 e. The Hall–Kier alpha value is -2.14. The van der Waals surface area contributed by atoms with Crippen LogP contribution in [0.3, 0.4) is 0 Å². The monoisotopic (exact) mass is 496 g/mol. The predicted molar refractivity (Wildman–Crippen MR) is 127 cm³/mol. The van der Waals surface area contributed by atoms with Crippen LogP contribution in [0.4, 0.5) is 10.8 Å². The highest BCUT2D eigenvalue weighted by Gasteiger charge is 2.21.